The number of carbonyl (C=O) groups is 1. The normalized spacial score (nSPS) is 19.1. The molecule has 28 heavy (non-hydrogen) atoms. The predicted molar refractivity (Wildman–Crippen MR) is 105 cm³/mol. The first-order valence-corrected chi connectivity index (χ1v) is 10.6. The lowest BCUT2D eigenvalue weighted by molar-refractivity contribution is -0.115. The van der Waals surface area contributed by atoms with Crippen LogP contribution in [0.1, 0.15) is 22.9 Å². The van der Waals surface area contributed by atoms with E-state index in [9.17, 15) is 13.2 Å². The number of anilines is 1. The van der Waals surface area contributed by atoms with E-state index >= 15 is 0 Å². The van der Waals surface area contributed by atoms with Crippen molar-refractivity contribution in [1.82, 2.24) is 8.87 Å². The molecule has 142 valence electrons. The van der Waals surface area contributed by atoms with Crippen molar-refractivity contribution in [3.63, 3.8) is 0 Å². The molecule has 2 aliphatic rings. The van der Waals surface area contributed by atoms with E-state index in [1.54, 1.807) is 22.5 Å². The third kappa shape index (κ3) is 2.66. The molecule has 0 saturated carbocycles. The molecule has 1 aromatic heterocycles. The summed E-state index contributed by atoms with van der Waals surface area (Å²) in [6, 6.07) is 18.1. The van der Waals surface area contributed by atoms with Crippen LogP contribution in [0.4, 0.5) is 5.69 Å². The number of carbonyl (C=O) groups excluding carboxylic acids is 1. The van der Waals surface area contributed by atoms with Crippen LogP contribution in [0.2, 0.25) is 0 Å². The van der Waals surface area contributed by atoms with Gasteiger partial charge in [-0.1, -0.05) is 30.3 Å². The third-order valence-corrected chi connectivity index (χ3v) is 7.28. The monoisotopic (exact) mass is 393 g/mol. The van der Waals surface area contributed by atoms with E-state index in [0.717, 1.165) is 16.8 Å². The molecule has 5 rings (SSSR count). The highest BCUT2D eigenvalue weighted by Gasteiger charge is 2.38. The quantitative estimate of drug-likeness (QED) is 0.744. The summed E-state index contributed by atoms with van der Waals surface area (Å²) in [5.41, 5.74) is 3.31. The molecule has 0 aliphatic carbocycles. The van der Waals surface area contributed by atoms with Gasteiger partial charge in [0.05, 0.1) is 17.4 Å². The van der Waals surface area contributed by atoms with Gasteiger partial charge in [-0.05, 0) is 41.5 Å². The van der Waals surface area contributed by atoms with Crippen molar-refractivity contribution < 1.29 is 13.2 Å². The molecule has 0 saturated heterocycles. The van der Waals surface area contributed by atoms with Gasteiger partial charge in [-0.2, -0.15) is 4.31 Å². The number of benzene rings is 2. The van der Waals surface area contributed by atoms with Crippen LogP contribution >= 0.6 is 0 Å². The van der Waals surface area contributed by atoms with E-state index in [0.29, 0.717) is 18.8 Å². The van der Waals surface area contributed by atoms with E-state index in [1.807, 2.05) is 48.7 Å². The van der Waals surface area contributed by atoms with Gasteiger partial charge in [0.2, 0.25) is 15.9 Å². The lowest BCUT2D eigenvalue weighted by Crippen LogP contribution is -2.42. The van der Waals surface area contributed by atoms with Gasteiger partial charge in [0, 0.05) is 30.7 Å². The third-order valence-electron chi connectivity index (χ3n) is 5.42. The Balaban J connectivity index is 1.61. The van der Waals surface area contributed by atoms with E-state index in [1.165, 1.54) is 0 Å². The van der Waals surface area contributed by atoms with Gasteiger partial charge >= 0.3 is 0 Å². The summed E-state index contributed by atoms with van der Waals surface area (Å²) in [5, 5.41) is 2.75. The smallest absolute Gasteiger partial charge is 0.244 e. The van der Waals surface area contributed by atoms with Crippen molar-refractivity contribution in [1.29, 1.82) is 0 Å². The zero-order valence-corrected chi connectivity index (χ0v) is 15.9. The molecule has 0 spiro atoms. The summed E-state index contributed by atoms with van der Waals surface area (Å²) in [5.74, 6) is -0.109. The van der Waals surface area contributed by atoms with Gasteiger partial charge in [0.15, 0.2) is 0 Å². The summed E-state index contributed by atoms with van der Waals surface area (Å²) in [6.07, 6.45) is 2.20. The molecule has 3 aromatic rings. The molecule has 6 nitrogen and oxygen atoms in total. The van der Waals surface area contributed by atoms with Gasteiger partial charge < -0.3 is 9.88 Å². The van der Waals surface area contributed by atoms with Crippen LogP contribution in [0.5, 0.6) is 0 Å². The van der Waals surface area contributed by atoms with Gasteiger partial charge in [-0.3, -0.25) is 4.79 Å². The maximum absolute atomic E-state index is 13.6. The second-order valence-electron chi connectivity index (χ2n) is 7.10. The zero-order valence-electron chi connectivity index (χ0n) is 15.1. The summed E-state index contributed by atoms with van der Waals surface area (Å²) in [6.45, 7) is 0.994. The second kappa shape index (κ2) is 6.32. The van der Waals surface area contributed by atoms with Crippen molar-refractivity contribution in [2.75, 3.05) is 11.9 Å². The van der Waals surface area contributed by atoms with Crippen LogP contribution < -0.4 is 5.32 Å². The van der Waals surface area contributed by atoms with Gasteiger partial charge in [0.1, 0.15) is 0 Å². The van der Waals surface area contributed by atoms with Crippen LogP contribution in [0.25, 0.3) is 0 Å². The lowest BCUT2D eigenvalue weighted by Gasteiger charge is -2.36. The first-order chi connectivity index (χ1) is 13.5. The molecule has 0 fully saturated rings. The highest BCUT2D eigenvalue weighted by Crippen LogP contribution is 2.37. The Morgan fingerprint density at radius 1 is 0.964 bits per heavy atom. The minimum absolute atomic E-state index is 0.109. The summed E-state index contributed by atoms with van der Waals surface area (Å²) >= 11 is 0. The summed E-state index contributed by atoms with van der Waals surface area (Å²) in [4.78, 5) is 11.9. The maximum Gasteiger partial charge on any atom is 0.244 e. The lowest BCUT2D eigenvalue weighted by atomic mass is 10.0. The first-order valence-electron chi connectivity index (χ1n) is 9.19. The molecular formula is C21H19N3O3S. The van der Waals surface area contributed by atoms with Gasteiger partial charge in [0.25, 0.3) is 0 Å². The van der Waals surface area contributed by atoms with Crippen LogP contribution in [0.3, 0.4) is 0 Å². The van der Waals surface area contributed by atoms with Crippen molar-refractivity contribution in [3.05, 3.63) is 83.7 Å². The highest BCUT2D eigenvalue weighted by atomic mass is 32.2. The molecule has 1 N–H and O–H groups in total. The number of amides is 1. The standard InChI is InChI=1S/C21H19N3O3S/c25-20-14-16-13-17(8-9-18(16)22-20)28(26,27)24-12-11-23-10-4-7-19(23)21(24)15-5-2-1-3-6-15/h1-10,13,21H,11-12,14H2,(H,22,25). The Morgan fingerprint density at radius 2 is 1.79 bits per heavy atom. The molecule has 0 radical (unpaired) electrons. The Labute approximate surface area is 163 Å². The Morgan fingerprint density at radius 3 is 2.61 bits per heavy atom. The average molecular weight is 393 g/mol. The van der Waals surface area contributed by atoms with Crippen molar-refractivity contribution >= 4 is 21.6 Å². The molecular weight excluding hydrogens is 374 g/mol. The zero-order chi connectivity index (χ0) is 19.3. The summed E-state index contributed by atoms with van der Waals surface area (Å²) in [7, 11) is -3.74. The number of nitrogens with zero attached hydrogens (tertiary/aromatic N) is 2. The van der Waals surface area contributed by atoms with E-state index in [-0.39, 0.29) is 23.3 Å². The molecule has 1 amide bonds. The highest BCUT2D eigenvalue weighted by molar-refractivity contribution is 7.89. The second-order valence-corrected chi connectivity index (χ2v) is 8.99. The maximum atomic E-state index is 13.6. The van der Waals surface area contributed by atoms with E-state index in [2.05, 4.69) is 9.88 Å². The Hall–Kier alpha value is -2.90. The number of nitrogens with one attached hydrogen (secondary N) is 1. The minimum Gasteiger partial charge on any atom is -0.348 e. The van der Waals surface area contributed by atoms with Crippen LogP contribution in [-0.2, 0) is 27.8 Å². The molecule has 2 aliphatic heterocycles. The summed E-state index contributed by atoms with van der Waals surface area (Å²) < 4.78 is 30.9. The average Bonchev–Trinajstić information content (AvgIpc) is 3.32. The predicted octanol–water partition coefficient (Wildman–Crippen LogP) is 2.78. The van der Waals surface area contributed by atoms with Crippen molar-refractivity contribution in [2.45, 2.75) is 23.9 Å². The largest absolute Gasteiger partial charge is 0.348 e. The molecule has 2 aromatic carbocycles. The fourth-order valence-electron chi connectivity index (χ4n) is 4.09. The topological polar surface area (TPSA) is 71.4 Å². The first kappa shape index (κ1) is 17.2. The number of hydrogen-bond donors (Lipinski definition) is 1. The fraction of sp³-hybridized carbons (Fsp3) is 0.190. The number of rotatable bonds is 3. The van der Waals surface area contributed by atoms with Crippen molar-refractivity contribution in [3.8, 4) is 0 Å². The number of hydrogen-bond acceptors (Lipinski definition) is 3. The van der Waals surface area contributed by atoms with E-state index < -0.39 is 10.0 Å². The SMILES string of the molecule is O=C1Cc2cc(S(=O)(=O)N3CCn4cccc4C3c3ccccc3)ccc2N1. The Bertz CT molecular complexity index is 1170. The fourth-order valence-corrected chi connectivity index (χ4v) is 5.73. The molecule has 3 heterocycles. The number of sulfonamides is 1. The molecule has 1 unspecified atom stereocenters. The van der Waals surface area contributed by atoms with E-state index in [4.69, 9.17) is 0 Å². The number of aromatic nitrogens is 1. The van der Waals surface area contributed by atoms with Gasteiger partial charge in [-0.15, -0.1) is 0 Å². The molecule has 1 atom stereocenters. The van der Waals surface area contributed by atoms with Crippen LogP contribution in [-0.4, -0.2) is 29.7 Å². The minimum atomic E-state index is -3.74. The van der Waals surface area contributed by atoms with Crippen LogP contribution in [0.15, 0.2) is 71.8 Å². The Kier molecular flexibility index (Phi) is 3.89. The van der Waals surface area contributed by atoms with Crippen LogP contribution in [0, 0.1) is 0 Å². The van der Waals surface area contributed by atoms with Gasteiger partial charge in [-0.25, -0.2) is 8.42 Å². The number of fused-ring (bicyclic) bond motifs is 2. The van der Waals surface area contributed by atoms with Crippen molar-refractivity contribution in [2.24, 2.45) is 0 Å². The molecule has 0 bridgehead atoms. The molecule has 7 heteroatoms.